The van der Waals surface area contributed by atoms with Crippen LogP contribution >= 0.6 is 0 Å². The lowest BCUT2D eigenvalue weighted by atomic mass is 10.2. The number of carbonyl (C=O) groups is 2. The van der Waals surface area contributed by atoms with Gasteiger partial charge in [0.1, 0.15) is 11.9 Å². The van der Waals surface area contributed by atoms with Gasteiger partial charge in [-0.2, -0.15) is 4.31 Å². The molecule has 184 valence electrons. The number of hydrogen-bond donors (Lipinski definition) is 2. The van der Waals surface area contributed by atoms with E-state index in [4.69, 9.17) is 9.47 Å². The average molecular weight is 494 g/mol. The third kappa shape index (κ3) is 5.84. The zero-order valence-corrected chi connectivity index (χ0v) is 19.9. The number of methoxy groups -OCH3 is 1. The van der Waals surface area contributed by atoms with Crippen molar-refractivity contribution in [3.8, 4) is 11.5 Å². The van der Waals surface area contributed by atoms with Crippen molar-refractivity contribution in [1.82, 2.24) is 15.2 Å². The van der Waals surface area contributed by atoms with Crippen LogP contribution in [0, 0.1) is 5.82 Å². The van der Waals surface area contributed by atoms with Gasteiger partial charge < -0.3 is 9.47 Å². The number of benzene rings is 2. The second-order valence-corrected chi connectivity index (χ2v) is 9.63. The zero-order chi connectivity index (χ0) is 24.7. The summed E-state index contributed by atoms with van der Waals surface area (Å²) < 4.78 is 51.0. The molecule has 1 fully saturated rings. The molecule has 1 aliphatic rings. The summed E-state index contributed by atoms with van der Waals surface area (Å²) in [4.78, 5) is 25.2. The number of amides is 2. The number of unbranched alkanes of at least 4 members (excludes halogenated alkanes) is 1. The molecular weight excluding hydrogens is 465 g/mol. The Morgan fingerprint density at radius 3 is 2.53 bits per heavy atom. The van der Waals surface area contributed by atoms with Crippen molar-refractivity contribution in [1.29, 1.82) is 0 Å². The van der Waals surface area contributed by atoms with Gasteiger partial charge in [0, 0.05) is 12.1 Å². The van der Waals surface area contributed by atoms with E-state index >= 15 is 0 Å². The van der Waals surface area contributed by atoms with Crippen LogP contribution in [0.1, 0.15) is 43.0 Å². The summed E-state index contributed by atoms with van der Waals surface area (Å²) in [6.07, 6.45) is 2.63. The van der Waals surface area contributed by atoms with E-state index in [1.807, 2.05) is 6.92 Å². The fourth-order valence-corrected chi connectivity index (χ4v) is 5.22. The molecule has 0 spiro atoms. The molecular formula is C23H28FN3O6S. The number of nitrogens with zero attached hydrogens (tertiary/aromatic N) is 1. The highest BCUT2D eigenvalue weighted by Gasteiger charge is 2.39. The van der Waals surface area contributed by atoms with E-state index < -0.39 is 33.7 Å². The number of halogens is 1. The van der Waals surface area contributed by atoms with Crippen LogP contribution in [0.15, 0.2) is 47.4 Å². The molecule has 2 amide bonds. The summed E-state index contributed by atoms with van der Waals surface area (Å²) in [5, 5.41) is 0. The second-order valence-electron chi connectivity index (χ2n) is 7.74. The Morgan fingerprint density at radius 1 is 1.12 bits per heavy atom. The maximum atomic E-state index is 13.2. The predicted molar refractivity (Wildman–Crippen MR) is 122 cm³/mol. The van der Waals surface area contributed by atoms with Gasteiger partial charge in [0.2, 0.25) is 10.0 Å². The van der Waals surface area contributed by atoms with Crippen LogP contribution in [0.2, 0.25) is 0 Å². The minimum absolute atomic E-state index is 0.106. The van der Waals surface area contributed by atoms with E-state index in [1.165, 1.54) is 19.2 Å². The zero-order valence-electron chi connectivity index (χ0n) is 19.0. The third-order valence-electron chi connectivity index (χ3n) is 5.41. The standard InChI is InChI=1S/C23H28FN3O6S/c1-3-4-14-33-20-12-7-16(15-21(20)32-2)22(28)25-26-23(29)19-6-5-13-27(19)34(30,31)18-10-8-17(24)9-11-18/h7-12,15,19H,3-6,13-14H2,1-2H3,(H,25,28)(H,26,29). The molecule has 3 rings (SSSR count). The van der Waals surface area contributed by atoms with Gasteiger partial charge in [-0.3, -0.25) is 20.4 Å². The molecule has 0 saturated carbocycles. The van der Waals surface area contributed by atoms with Crippen LogP contribution in [0.25, 0.3) is 0 Å². The van der Waals surface area contributed by atoms with Gasteiger partial charge in [-0.1, -0.05) is 13.3 Å². The first-order chi connectivity index (χ1) is 16.3. The highest BCUT2D eigenvalue weighted by Crippen LogP contribution is 2.29. The number of sulfonamides is 1. The van der Waals surface area contributed by atoms with Gasteiger partial charge in [0.25, 0.3) is 11.8 Å². The van der Waals surface area contributed by atoms with E-state index in [1.54, 1.807) is 6.07 Å². The molecule has 0 aromatic heterocycles. The summed E-state index contributed by atoms with van der Waals surface area (Å²) in [7, 11) is -2.54. The van der Waals surface area contributed by atoms with Crippen LogP contribution < -0.4 is 20.3 Å². The van der Waals surface area contributed by atoms with Crippen LogP contribution in [-0.2, 0) is 14.8 Å². The smallest absolute Gasteiger partial charge is 0.269 e. The quantitative estimate of drug-likeness (QED) is 0.410. The Morgan fingerprint density at radius 2 is 1.85 bits per heavy atom. The van der Waals surface area contributed by atoms with Gasteiger partial charge >= 0.3 is 0 Å². The first-order valence-electron chi connectivity index (χ1n) is 11.0. The SMILES string of the molecule is CCCCOc1ccc(C(=O)NNC(=O)C2CCCN2S(=O)(=O)c2ccc(F)cc2)cc1OC. The van der Waals surface area contributed by atoms with Crippen LogP contribution in [-0.4, -0.2) is 50.8 Å². The molecule has 11 heteroatoms. The predicted octanol–water partition coefficient (Wildman–Crippen LogP) is 2.63. The Kier molecular flexibility index (Phi) is 8.46. The number of carbonyl (C=O) groups excluding carboxylic acids is 2. The van der Waals surface area contributed by atoms with Gasteiger partial charge in [0.15, 0.2) is 11.5 Å². The molecule has 2 N–H and O–H groups in total. The number of ether oxygens (including phenoxy) is 2. The molecule has 1 aliphatic heterocycles. The lowest BCUT2D eigenvalue weighted by Crippen LogP contribution is -2.51. The molecule has 2 aromatic carbocycles. The molecule has 1 saturated heterocycles. The first kappa shape index (κ1) is 25.4. The van der Waals surface area contributed by atoms with Gasteiger partial charge in [-0.25, -0.2) is 12.8 Å². The molecule has 34 heavy (non-hydrogen) atoms. The molecule has 0 aliphatic carbocycles. The van der Waals surface area contributed by atoms with Gasteiger partial charge in [0.05, 0.1) is 18.6 Å². The van der Waals surface area contributed by atoms with Crippen molar-refractivity contribution in [3.63, 3.8) is 0 Å². The van der Waals surface area contributed by atoms with Crippen molar-refractivity contribution >= 4 is 21.8 Å². The molecule has 1 atom stereocenters. The fourth-order valence-electron chi connectivity index (χ4n) is 3.56. The van der Waals surface area contributed by atoms with Crippen LogP contribution in [0.3, 0.4) is 0 Å². The third-order valence-corrected chi connectivity index (χ3v) is 7.33. The van der Waals surface area contributed by atoms with Crippen LogP contribution in [0.5, 0.6) is 11.5 Å². The van der Waals surface area contributed by atoms with E-state index in [0.29, 0.717) is 30.9 Å². The van der Waals surface area contributed by atoms with E-state index in [-0.39, 0.29) is 17.0 Å². The number of hydrogen-bond acceptors (Lipinski definition) is 6. The fraction of sp³-hybridized carbons (Fsp3) is 0.391. The molecule has 0 radical (unpaired) electrons. The average Bonchev–Trinajstić information content (AvgIpc) is 3.34. The molecule has 9 nitrogen and oxygen atoms in total. The lowest BCUT2D eigenvalue weighted by molar-refractivity contribution is -0.125. The number of hydrazine groups is 1. The highest BCUT2D eigenvalue weighted by atomic mass is 32.2. The van der Waals surface area contributed by atoms with Crippen molar-refractivity contribution in [2.75, 3.05) is 20.3 Å². The van der Waals surface area contributed by atoms with E-state index in [0.717, 1.165) is 41.4 Å². The molecule has 0 bridgehead atoms. The lowest BCUT2D eigenvalue weighted by Gasteiger charge is -2.23. The van der Waals surface area contributed by atoms with Crippen LogP contribution in [0.4, 0.5) is 4.39 Å². The summed E-state index contributed by atoms with van der Waals surface area (Å²) in [6.45, 7) is 2.71. The minimum Gasteiger partial charge on any atom is -0.493 e. The van der Waals surface area contributed by atoms with Gasteiger partial charge in [-0.05, 0) is 61.7 Å². The summed E-state index contributed by atoms with van der Waals surface area (Å²) in [5.74, 6) is -0.943. The molecule has 2 aromatic rings. The Bertz CT molecular complexity index is 1120. The Balaban J connectivity index is 1.64. The summed E-state index contributed by atoms with van der Waals surface area (Å²) in [5.41, 5.74) is 4.84. The van der Waals surface area contributed by atoms with Crippen molar-refractivity contribution < 1.29 is 31.9 Å². The van der Waals surface area contributed by atoms with Crippen molar-refractivity contribution in [3.05, 3.63) is 53.8 Å². The Labute approximate surface area is 198 Å². The highest BCUT2D eigenvalue weighted by molar-refractivity contribution is 7.89. The van der Waals surface area contributed by atoms with Gasteiger partial charge in [-0.15, -0.1) is 0 Å². The maximum absolute atomic E-state index is 13.2. The molecule has 1 heterocycles. The number of rotatable bonds is 9. The maximum Gasteiger partial charge on any atom is 0.269 e. The Hall–Kier alpha value is -3.18. The minimum atomic E-state index is -4.00. The van der Waals surface area contributed by atoms with Crippen molar-refractivity contribution in [2.24, 2.45) is 0 Å². The van der Waals surface area contributed by atoms with Crippen molar-refractivity contribution in [2.45, 2.75) is 43.5 Å². The summed E-state index contributed by atoms with van der Waals surface area (Å²) >= 11 is 0. The van der Waals surface area contributed by atoms with E-state index in [2.05, 4.69) is 10.9 Å². The number of nitrogens with one attached hydrogen (secondary N) is 2. The second kappa shape index (κ2) is 11.3. The monoisotopic (exact) mass is 493 g/mol. The largest absolute Gasteiger partial charge is 0.493 e. The van der Waals surface area contributed by atoms with E-state index in [9.17, 15) is 22.4 Å². The summed E-state index contributed by atoms with van der Waals surface area (Å²) in [6, 6.07) is 8.04. The normalized spacial score (nSPS) is 16.1. The molecule has 1 unspecified atom stereocenters. The first-order valence-corrected chi connectivity index (χ1v) is 12.4. The topological polar surface area (TPSA) is 114 Å².